The van der Waals surface area contributed by atoms with Crippen molar-refractivity contribution in [2.45, 2.75) is 63.6 Å². The fourth-order valence-corrected chi connectivity index (χ4v) is 3.41. The first-order chi connectivity index (χ1) is 11.5. The van der Waals surface area contributed by atoms with Gasteiger partial charge in [-0.3, -0.25) is 4.79 Å². The zero-order valence-corrected chi connectivity index (χ0v) is 16.1. The summed E-state index contributed by atoms with van der Waals surface area (Å²) in [6, 6.07) is 6.73. The summed E-state index contributed by atoms with van der Waals surface area (Å²) in [6.07, 6.45) is 6.10. The second-order valence-corrected chi connectivity index (χ2v) is 7.70. The van der Waals surface area contributed by atoms with Crippen LogP contribution >= 0.6 is 22.6 Å². The fourth-order valence-electron chi connectivity index (χ4n) is 3.05. The topological polar surface area (TPSA) is 78.4 Å². The Morgan fingerprint density at radius 2 is 1.83 bits per heavy atom. The van der Waals surface area contributed by atoms with Crippen LogP contribution in [0.4, 0.5) is 0 Å². The highest BCUT2D eigenvalue weighted by atomic mass is 127. The highest BCUT2D eigenvalue weighted by molar-refractivity contribution is 14.1. The number of carbonyl (C=O) groups is 2. The predicted molar refractivity (Wildman–Crippen MR) is 102 cm³/mol. The van der Waals surface area contributed by atoms with Crippen LogP contribution in [-0.4, -0.2) is 35.1 Å². The van der Waals surface area contributed by atoms with Crippen LogP contribution < -0.4 is 10.6 Å². The molecule has 0 heterocycles. The minimum absolute atomic E-state index is 0.251. The second kappa shape index (κ2) is 9.36. The molecule has 132 valence electrons. The molecule has 5 nitrogen and oxygen atoms in total. The Morgan fingerprint density at radius 1 is 1.21 bits per heavy atom. The number of hydrogen-bond donors (Lipinski definition) is 3. The van der Waals surface area contributed by atoms with E-state index in [1.807, 2.05) is 24.3 Å². The van der Waals surface area contributed by atoms with E-state index in [-0.39, 0.29) is 18.4 Å². The zero-order valence-electron chi connectivity index (χ0n) is 13.9. The molecule has 2 rings (SSSR count). The van der Waals surface area contributed by atoms with E-state index in [0.29, 0.717) is 6.04 Å². The molecule has 1 aromatic rings. The molecule has 0 aromatic heterocycles. The van der Waals surface area contributed by atoms with Gasteiger partial charge < -0.3 is 15.7 Å². The van der Waals surface area contributed by atoms with Gasteiger partial charge in [0.25, 0.3) is 0 Å². The van der Waals surface area contributed by atoms with Crippen LogP contribution in [0.25, 0.3) is 0 Å². The van der Waals surface area contributed by atoms with Gasteiger partial charge in [-0.25, -0.2) is 4.79 Å². The number of benzene rings is 1. The monoisotopic (exact) mass is 444 g/mol. The number of carboxylic acids is 1. The van der Waals surface area contributed by atoms with E-state index in [4.69, 9.17) is 0 Å². The van der Waals surface area contributed by atoms with Crippen molar-refractivity contribution in [3.63, 3.8) is 0 Å². The molecule has 0 aliphatic heterocycles. The van der Waals surface area contributed by atoms with E-state index in [1.54, 1.807) is 6.92 Å². The quantitative estimate of drug-likeness (QED) is 0.566. The number of rotatable bonds is 7. The summed E-state index contributed by atoms with van der Waals surface area (Å²) in [6.45, 7) is 1.80. The van der Waals surface area contributed by atoms with Gasteiger partial charge in [-0.15, -0.1) is 0 Å². The Kier molecular flexibility index (Phi) is 7.48. The van der Waals surface area contributed by atoms with E-state index in [9.17, 15) is 14.7 Å². The number of aliphatic carboxylic acids is 1. The zero-order chi connectivity index (χ0) is 17.5. The standard InChI is InChI=1S/C18H25IN2O3/c1-12(20-15-5-3-2-4-6-15)17(22)21-16(18(23)24)11-13-7-9-14(19)10-8-13/h7-10,12,15-16,20H,2-6,11H2,1H3,(H,21,22)(H,23,24)/t12-,16-/m0/s1. The molecule has 0 bridgehead atoms. The minimum atomic E-state index is -1.01. The normalized spacial score (nSPS) is 17.9. The van der Waals surface area contributed by atoms with Crippen molar-refractivity contribution in [1.29, 1.82) is 0 Å². The second-order valence-electron chi connectivity index (χ2n) is 6.45. The Balaban J connectivity index is 1.89. The van der Waals surface area contributed by atoms with Crippen molar-refractivity contribution in [3.8, 4) is 0 Å². The van der Waals surface area contributed by atoms with Gasteiger partial charge in [0, 0.05) is 16.0 Å². The summed E-state index contributed by atoms with van der Waals surface area (Å²) in [4.78, 5) is 23.8. The maximum absolute atomic E-state index is 12.3. The van der Waals surface area contributed by atoms with Crippen molar-refractivity contribution in [1.82, 2.24) is 10.6 Å². The Morgan fingerprint density at radius 3 is 2.42 bits per heavy atom. The van der Waals surface area contributed by atoms with E-state index in [2.05, 4.69) is 33.2 Å². The largest absolute Gasteiger partial charge is 0.480 e. The third-order valence-electron chi connectivity index (χ3n) is 4.45. The van der Waals surface area contributed by atoms with E-state index >= 15 is 0 Å². The molecule has 0 saturated heterocycles. The minimum Gasteiger partial charge on any atom is -0.480 e. The SMILES string of the molecule is C[C@H](NC1CCCCC1)C(=O)N[C@@H](Cc1ccc(I)cc1)C(=O)O. The van der Waals surface area contributed by atoms with Crippen LogP contribution in [0.15, 0.2) is 24.3 Å². The maximum Gasteiger partial charge on any atom is 0.326 e. The molecule has 1 fully saturated rings. The first-order valence-electron chi connectivity index (χ1n) is 8.49. The van der Waals surface area contributed by atoms with Gasteiger partial charge in [-0.05, 0) is 60.1 Å². The molecular formula is C18H25IN2O3. The van der Waals surface area contributed by atoms with Gasteiger partial charge in [0.1, 0.15) is 6.04 Å². The number of amides is 1. The molecule has 1 aliphatic rings. The molecule has 1 saturated carbocycles. The summed E-state index contributed by atoms with van der Waals surface area (Å²) in [7, 11) is 0. The van der Waals surface area contributed by atoms with Crippen LogP contribution in [0.1, 0.15) is 44.6 Å². The number of halogens is 1. The highest BCUT2D eigenvalue weighted by Crippen LogP contribution is 2.17. The van der Waals surface area contributed by atoms with Crippen molar-refractivity contribution >= 4 is 34.5 Å². The van der Waals surface area contributed by atoms with Crippen LogP contribution in [-0.2, 0) is 16.0 Å². The first-order valence-corrected chi connectivity index (χ1v) is 9.57. The molecule has 0 unspecified atom stereocenters. The van der Waals surface area contributed by atoms with Gasteiger partial charge in [0.05, 0.1) is 6.04 Å². The molecule has 1 amide bonds. The van der Waals surface area contributed by atoms with Crippen molar-refractivity contribution in [2.75, 3.05) is 0 Å². The number of hydrogen-bond acceptors (Lipinski definition) is 3. The lowest BCUT2D eigenvalue weighted by molar-refractivity contribution is -0.142. The Labute approximate surface area is 156 Å². The Hall–Kier alpha value is -1.15. The number of carboxylic acid groups (broad SMARTS) is 1. The summed E-state index contributed by atoms with van der Waals surface area (Å²) in [5.41, 5.74) is 0.899. The predicted octanol–water partition coefficient (Wildman–Crippen LogP) is 2.71. The van der Waals surface area contributed by atoms with Gasteiger partial charge in [0.2, 0.25) is 5.91 Å². The molecule has 3 N–H and O–H groups in total. The molecule has 1 aromatic carbocycles. The Bertz CT molecular complexity index is 556. The van der Waals surface area contributed by atoms with Crippen molar-refractivity contribution < 1.29 is 14.7 Å². The van der Waals surface area contributed by atoms with Gasteiger partial charge in [0.15, 0.2) is 0 Å². The molecule has 0 radical (unpaired) electrons. The third kappa shape index (κ3) is 6.05. The first kappa shape index (κ1) is 19.2. The summed E-state index contributed by atoms with van der Waals surface area (Å²) >= 11 is 2.20. The van der Waals surface area contributed by atoms with Gasteiger partial charge in [-0.2, -0.15) is 0 Å². The fraction of sp³-hybridized carbons (Fsp3) is 0.556. The maximum atomic E-state index is 12.3. The van der Waals surface area contributed by atoms with E-state index in [1.165, 1.54) is 19.3 Å². The lowest BCUT2D eigenvalue weighted by Crippen LogP contribution is -2.52. The van der Waals surface area contributed by atoms with E-state index in [0.717, 1.165) is 22.0 Å². The molecule has 0 spiro atoms. The van der Waals surface area contributed by atoms with Crippen LogP contribution in [0, 0.1) is 3.57 Å². The third-order valence-corrected chi connectivity index (χ3v) is 5.17. The number of carbonyl (C=O) groups excluding carboxylic acids is 1. The van der Waals surface area contributed by atoms with Crippen LogP contribution in [0.2, 0.25) is 0 Å². The summed E-state index contributed by atoms with van der Waals surface area (Å²) in [5.74, 6) is -1.26. The number of nitrogens with one attached hydrogen (secondary N) is 2. The summed E-state index contributed by atoms with van der Waals surface area (Å²) < 4.78 is 1.09. The molecule has 24 heavy (non-hydrogen) atoms. The van der Waals surface area contributed by atoms with E-state index < -0.39 is 12.0 Å². The molecule has 2 atom stereocenters. The molecule has 1 aliphatic carbocycles. The average Bonchev–Trinajstić information content (AvgIpc) is 2.56. The van der Waals surface area contributed by atoms with Crippen molar-refractivity contribution in [3.05, 3.63) is 33.4 Å². The van der Waals surface area contributed by atoms with Crippen LogP contribution in [0.5, 0.6) is 0 Å². The lowest BCUT2D eigenvalue weighted by Gasteiger charge is -2.27. The van der Waals surface area contributed by atoms with Crippen molar-refractivity contribution in [2.24, 2.45) is 0 Å². The highest BCUT2D eigenvalue weighted by Gasteiger charge is 2.25. The van der Waals surface area contributed by atoms with Crippen LogP contribution in [0.3, 0.4) is 0 Å². The molecule has 6 heteroatoms. The smallest absolute Gasteiger partial charge is 0.326 e. The lowest BCUT2D eigenvalue weighted by atomic mass is 9.95. The average molecular weight is 444 g/mol. The summed E-state index contributed by atoms with van der Waals surface area (Å²) in [5, 5.41) is 15.4. The van der Waals surface area contributed by atoms with Gasteiger partial charge >= 0.3 is 5.97 Å². The molecular weight excluding hydrogens is 419 g/mol. The van der Waals surface area contributed by atoms with Gasteiger partial charge in [-0.1, -0.05) is 31.4 Å².